The normalized spacial score (nSPS) is 15.9. The van der Waals surface area contributed by atoms with Gasteiger partial charge in [-0.2, -0.15) is 4.98 Å². The van der Waals surface area contributed by atoms with Gasteiger partial charge >= 0.3 is 0 Å². The van der Waals surface area contributed by atoms with Gasteiger partial charge in [-0.1, -0.05) is 12.1 Å². The smallest absolute Gasteiger partial charge is 0.289 e. The molecule has 0 saturated carbocycles. The number of para-hydroxylation sites is 2. The van der Waals surface area contributed by atoms with E-state index in [0.29, 0.717) is 61.8 Å². The number of rotatable bonds is 5. The number of furan rings is 1. The first-order valence-electron chi connectivity index (χ1n) is 10.6. The SMILES string of the molecule is COc1ccccc1Oc1nc(N2CCOCC2)nc2c1CN(C(=O)c1ccco1)CC2. The number of morpholine rings is 1. The van der Waals surface area contributed by atoms with Crippen molar-refractivity contribution in [2.45, 2.75) is 13.0 Å². The van der Waals surface area contributed by atoms with Crippen LogP contribution < -0.4 is 14.4 Å². The monoisotopic (exact) mass is 436 g/mol. The Bertz CT molecular complexity index is 1100. The molecule has 2 aliphatic heterocycles. The molecule has 0 unspecified atom stereocenters. The third-order valence-electron chi connectivity index (χ3n) is 5.60. The number of nitrogens with zero attached hydrogens (tertiary/aromatic N) is 4. The molecule has 1 aromatic carbocycles. The van der Waals surface area contributed by atoms with Gasteiger partial charge in [-0.05, 0) is 24.3 Å². The minimum Gasteiger partial charge on any atom is -0.493 e. The first-order valence-corrected chi connectivity index (χ1v) is 10.6. The minimum atomic E-state index is -0.166. The van der Waals surface area contributed by atoms with Crippen LogP contribution in [-0.4, -0.2) is 60.7 Å². The molecule has 9 nitrogen and oxygen atoms in total. The summed E-state index contributed by atoms with van der Waals surface area (Å²) in [5, 5.41) is 0. The van der Waals surface area contributed by atoms with Crippen LogP contribution in [0.3, 0.4) is 0 Å². The quantitative estimate of drug-likeness (QED) is 0.603. The first-order chi connectivity index (χ1) is 15.7. The highest BCUT2D eigenvalue weighted by Crippen LogP contribution is 2.35. The molecular formula is C23H24N4O5. The topological polar surface area (TPSA) is 90.2 Å². The summed E-state index contributed by atoms with van der Waals surface area (Å²) in [6.07, 6.45) is 2.10. The van der Waals surface area contributed by atoms with Crippen molar-refractivity contribution in [1.82, 2.24) is 14.9 Å². The number of benzene rings is 1. The second kappa shape index (κ2) is 8.88. The summed E-state index contributed by atoms with van der Waals surface area (Å²) in [6.45, 7) is 3.58. The zero-order valence-electron chi connectivity index (χ0n) is 17.8. The van der Waals surface area contributed by atoms with E-state index in [4.69, 9.17) is 28.6 Å². The Morgan fingerprint density at radius 3 is 2.59 bits per heavy atom. The Hall–Kier alpha value is -3.59. The lowest BCUT2D eigenvalue weighted by molar-refractivity contribution is 0.0699. The summed E-state index contributed by atoms with van der Waals surface area (Å²) in [5.74, 6) is 2.35. The van der Waals surface area contributed by atoms with E-state index >= 15 is 0 Å². The fourth-order valence-corrected chi connectivity index (χ4v) is 3.90. The lowest BCUT2D eigenvalue weighted by Crippen LogP contribution is -2.39. The van der Waals surface area contributed by atoms with Crippen LogP contribution in [0.25, 0.3) is 0 Å². The number of hydrogen-bond acceptors (Lipinski definition) is 8. The van der Waals surface area contributed by atoms with Crippen LogP contribution in [0.15, 0.2) is 47.1 Å². The summed E-state index contributed by atoms with van der Waals surface area (Å²) in [6, 6.07) is 10.8. The Morgan fingerprint density at radius 2 is 1.84 bits per heavy atom. The number of fused-ring (bicyclic) bond motifs is 1. The van der Waals surface area contributed by atoms with Crippen molar-refractivity contribution in [3.63, 3.8) is 0 Å². The Balaban J connectivity index is 1.51. The molecule has 5 rings (SSSR count). The average molecular weight is 436 g/mol. The van der Waals surface area contributed by atoms with E-state index in [2.05, 4.69) is 4.90 Å². The maximum Gasteiger partial charge on any atom is 0.289 e. The zero-order valence-corrected chi connectivity index (χ0v) is 17.8. The average Bonchev–Trinajstić information content (AvgIpc) is 3.39. The largest absolute Gasteiger partial charge is 0.493 e. The van der Waals surface area contributed by atoms with Crippen molar-refractivity contribution < 1.29 is 23.4 Å². The molecule has 166 valence electrons. The maximum atomic E-state index is 12.9. The van der Waals surface area contributed by atoms with Crippen LogP contribution in [0.5, 0.6) is 17.4 Å². The molecule has 32 heavy (non-hydrogen) atoms. The first kappa shape index (κ1) is 20.3. The number of anilines is 1. The van der Waals surface area contributed by atoms with Crippen molar-refractivity contribution in [2.24, 2.45) is 0 Å². The number of carbonyl (C=O) groups is 1. The van der Waals surface area contributed by atoms with E-state index in [9.17, 15) is 4.79 Å². The standard InChI is InChI=1S/C23H24N4O5/c1-29-18-5-2-3-6-19(18)32-21-16-15-27(22(28)20-7-4-12-31-20)9-8-17(16)24-23(25-21)26-10-13-30-14-11-26/h2-7,12H,8-11,13-15H2,1H3. The molecule has 0 radical (unpaired) electrons. The summed E-state index contributed by atoms with van der Waals surface area (Å²) >= 11 is 0. The number of ether oxygens (including phenoxy) is 3. The van der Waals surface area contributed by atoms with Crippen molar-refractivity contribution in [2.75, 3.05) is 44.9 Å². The van der Waals surface area contributed by atoms with Gasteiger partial charge in [-0.3, -0.25) is 4.79 Å². The van der Waals surface area contributed by atoms with Gasteiger partial charge < -0.3 is 28.4 Å². The van der Waals surface area contributed by atoms with Crippen LogP contribution in [0.4, 0.5) is 5.95 Å². The number of methoxy groups -OCH3 is 1. The van der Waals surface area contributed by atoms with Crippen molar-refractivity contribution in [3.05, 3.63) is 59.7 Å². The molecule has 2 aromatic heterocycles. The van der Waals surface area contributed by atoms with Crippen LogP contribution in [0, 0.1) is 0 Å². The van der Waals surface area contributed by atoms with Gasteiger partial charge in [-0.25, -0.2) is 4.98 Å². The van der Waals surface area contributed by atoms with Crippen LogP contribution >= 0.6 is 0 Å². The third kappa shape index (κ3) is 3.99. The lowest BCUT2D eigenvalue weighted by atomic mass is 10.1. The van der Waals surface area contributed by atoms with Gasteiger partial charge in [-0.15, -0.1) is 0 Å². The molecule has 0 N–H and O–H groups in total. The van der Waals surface area contributed by atoms with E-state index in [1.54, 1.807) is 24.1 Å². The van der Waals surface area contributed by atoms with E-state index in [-0.39, 0.29) is 5.91 Å². The number of amides is 1. The highest BCUT2D eigenvalue weighted by atomic mass is 16.5. The molecule has 2 aliphatic rings. The highest BCUT2D eigenvalue weighted by Gasteiger charge is 2.29. The van der Waals surface area contributed by atoms with Crippen molar-refractivity contribution in [1.29, 1.82) is 0 Å². The van der Waals surface area contributed by atoms with Crippen LogP contribution in [0.2, 0.25) is 0 Å². The summed E-state index contributed by atoms with van der Waals surface area (Å²) < 4.78 is 22.5. The number of carbonyl (C=O) groups excluding carboxylic acids is 1. The van der Waals surface area contributed by atoms with E-state index < -0.39 is 0 Å². The molecule has 3 aromatic rings. The van der Waals surface area contributed by atoms with Crippen LogP contribution in [0.1, 0.15) is 21.8 Å². The summed E-state index contributed by atoms with van der Waals surface area (Å²) in [5.41, 5.74) is 1.67. The minimum absolute atomic E-state index is 0.166. The van der Waals surface area contributed by atoms with E-state index in [1.165, 1.54) is 6.26 Å². The molecule has 1 amide bonds. The summed E-state index contributed by atoms with van der Waals surface area (Å²) in [7, 11) is 1.60. The van der Waals surface area contributed by atoms with E-state index in [0.717, 1.165) is 24.3 Å². The molecule has 4 heterocycles. The predicted octanol–water partition coefficient (Wildman–Crippen LogP) is 2.91. The van der Waals surface area contributed by atoms with Gasteiger partial charge in [0.15, 0.2) is 17.3 Å². The van der Waals surface area contributed by atoms with Crippen molar-refractivity contribution >= 4 is 11.9 Å². The number of hydrogen-bond donors (Lipinski definition) is 0. The highest BCUT2D eigenvalue weighted by molar-refractivity contribution is 5.91. The Morgan fingerprint density at radius 1 is 1.03 bits per heavy atom. The zero-order chi connectivity index (χ0) is 21.9. The van der Waals surface area contributed by atoms with Gasteiger partial charge in [0.25, 0.3) is 5.91 Å². The number of aromatic nitrogens is 2. The molecule has 0 bridgehead atoms. The summed E-state index contributed by atoms with van der Waals surface area (Å²) in [4.78, 5) is 26.3. The Kier molecular flexibility index (Phi) is 5.64. The van der Waals surface area contributed by atoms with E-state index in [1.807, 2.05) is 24.3 Å². The van der Waals surface area contributed by atoms with Gasteiger partial charge in [0.2, 0.25) is 11.8 Å². The molecule has 0 atom stereocenters. The molecule has 0 aliphatic carbocycles. The molecule has 9 heteroatoms. The Labute approximate surface area is 185 Å². The van der Waals surface area contributed by atoms with Gasteiger partial charge in [0.05, 0.1) is 44.4 Å². The molecule has 1 saturated heterocycles. The van der Waals surface area contributed by atoms with Gasteiger partial charge in [0, 0.05) is 26.1 Å². The molecule has 0 spiro atoms. The van der Waals surface area contributed by atoms with Crippen molar-refractivity contribution in [3.8, 4) is 17.4 Å². The second-order valence-electron chi connectivity index (χ2n) is 7.56. The van der Waals surface area contributed by atoms with Gasteiger partial charge in [0.1, 0.15) is 0 Å². The fourth-order valence-electron chi connectivity index (χ4n) is 3.90. The lowest BCUT2D eigenvalue weighted by Gasteiger charge is -2.31. The second-order valence-corrected chi connectivity index (χ2v) is 7.56. The molecule has 1 fully saturated rings. The maximum absolute atomic E-state index is 12.9. The fraction of sp³-hybridized carbons (Fsp3) is 0.348. The van der Waals surface area contributed by atoms with Crippen LogP contribution in [-0.2, 0) is 17.7 Å². The third-order valence-corrected chi connectivity index (χ3v) is 5.60. The molecular weight excluding hydrogens is 412 g/mol. The predicted molar refractivity (Wildman–Crippen MR) is 115 cm³/mol.